The van der Waals surface area contributed by atoms with Crippen LogP contribution in [0, 0.1) is 0 Å². The van der Waals surface area contributed by atoms with Crippen molar-refractivity contribution in [1.29, 1.82) is 0 Å². The van der Waals surface area contributed by atoms with E-state index in [1.165, 1.54) is 82.4 Å². The van der Waals surface area contributed by atoms with Crippen molar-refractivity contribution in [2.75, 3.05) is 26.2 Å². The van der Waals surface area contributed by atoms with Gasteiger partial charge in [0.2, 0.25) is 0 Å². The zero-order valence-corrected chi connectivity index (χ0v) is 15.2. The van der Waals surface area contributed by atoms with Gasteiger partial charge in [-0.1, -0.05) is 24.6 Å². The van der Waals surface area contributed by atoms with Crippen molar-refractivity contribution in [3.05, 3.63) is 11.8 Å². The topological polar surface area (TPSA) is 6.48 Å². The van der Waals surface area contributed by atoms with Crippen LogP contribution in [-0.4, -0.2) is 51.2 Å². The van der Waals surface area contributed by atoms with E-state index in [9.17, 15) is 0 Å². The van der Waals surface area contributed by atoms with Crippen LogP contribution in [0.25, 0.3) is 0 Å². The quantitative estimate of drug-likeness (QED) is 0.501. The first-order valence-electron chi connectivity index (χ1n) is 8.83. The number of nitrogens with zero attached hydrogens (tertiary/aromatic N) is 2. The highest BCUT2D eigenvalue weighted by molar-refractivity contribution is 6.44. The van der Waals surface area contributed by atoms with Gasteiger partial charge in [0, 0.05) is 9.52 Å². The zero-order chi connectivity index (χ0) is 14.4. The van der Waals surface area contributed by atoms with Crippen LogP contribution < -0.4 is 0 Å². The first kappa shape index (κ1) is 16.3. The summed E-state index contributed by atoms with van der Waals surface area (Å²) in [5.41, 5.74) is 0.399. The van der Waals surface area contributed by atoms with Gasteiger partial charge in [0.15, 0.2) is 0 Å². The third kappa shape index (κ3) is 3.74. The van der Waals surface area contributed by atoms with Gasteiger partial charge in [-0.05, 0) is 71.6 Å². The van der Waals surface area contributed by atoms with Gasteiger partial charge in [-0.2, -0.15) is 0 Å². The average molecular weight is 295 g/mol. The summed E-state index contributed by atoms with van der Waals surface area (Å²) in [6, 6.07) is 1.46. The van der Waals surface area contributed by atoms with Crippen molar-refractivity contribution in [3.8, 4) is 0 Å². The van der Waals surface area contributed by atoms with Crippen molar-refractivity contribution in [3.63, 3.8) is 0 Å². The van der Waals surface area contributed by atoms with Crippen LogP contribution in [0.4, 0.5) is 0 Å². The number of hydrogen-bond acceptors (Lipinski definition) is 2. The molecule has 116 valence electrons. The van der Waals surface area contributed by atoms with Crippen LogP contribution in [0.15, 0.2) is 11.8 Å². The predicted octanol–water partition coefficient (Wildman–Crippen LogP) is 3.19. The van der Waals surface area contributed by atoms with Crippen molar-refractivity contribution in [2.45, 2.75) is 70.5 Å². The van der Waals surface area contributed by atoms with Crippen molar-refractivity contribution < 1.29 is 0 Å². The molecule has 0 atom stereocenters. The van der Waals surface area contributed by atoms with Crippen molar-refractivity contribution >= 4 is 9.52 Å². The fourth-order valence-electron chi connectivity index (χ4n) is 4.24. The van der Waals surface area contributed by atoms with Gasteiger partial charge in [0.1, 0.15) is 0 Å². The Kier molecular flexibility index (Phi) is 6.31. The number of likely N-dealkylation sites (tertiary alicyclic amines) is 2. The lowest BCUT2D eigenvalue weighted by Gasteiger charge is -2.48. The Labute approximate surface area is 128 Å². The summed E-state index contributed by atoms with van der Waals surface area (Å²) in [7, 11) is -0.00504. The van der Waals surface area contributed by atoms with Gasteiger partial charge < -0.3 is 0 Å². The van der Waals surface area contributed by atoms with Crippen molar-refractivity contribution in [2.24, 2.45) is 0 Å². The van der Waals surface area contributed by atoms with Crippen LogP contribution in [0.2, 0.25) is 6.04 Å². The lowest BCUT2D eigenvalue weighted by Crippen LogP contribution is -2.58. The lowest BCUT2D eigenvalue weighted by molar-refractivity contribution is -0.0447. The molecule has 0 aliphatic carbocycles. The molecule has 3 heteroatoms. The normalized spacial score (nSPS) is 22.3. The minimum atomic E-state index is -0.00504. The third-order valence-corrected chi connectivity index (χ3v) is 7.09. The molecule has 0 saturated carbocycles. The Balaban J connectivity index is 1.99. The van der Waals surface area contributed by atoms with Gasteiger partial charge in [0.25, 0.3) is 0 Å². The molecule has 2 heterocycles. The molecule has 0 bridgehead atoms. The van der Waals surface area contributed by atoms with Crippen molar-refractivity contribution in [1.82, 2.24) is 9.80 Å². The summed E-state index contributed by atoms with van der Waals surface area (Å²) in [6.07, 6.45) is 9.77. The fourth-order valence-corrected chi connectivity index (χ4v) is 5.35. The van der Waals surface area contributed by atoms with E-state index in [0.29, 0.717) is 5.66 Å². The molecule has 0 aromatic rings. The predicted molar refractivity (Wildman–Crippen MR) is 92.0 cm³/mol. The highest BCUT2D eigenvalue weighted by atomic mass is 28.2. The van der Waals surface area contributed by atoms with Crippen LogP contribution >= 0.6 is 0 Å². The molecule has 0 spiro atoms. The van der Waals surface area contributed by atoms with E-state index in [0.717, 1.165) is 0 Å². The molecule has 0 aromatic heterocycles. The molecule has 2 aliphatic heterocycles. The van der Waals surface area contributed by atoms with Crippen LogP contribution in [0.3, 0.4) is 0 Å². The maximum Gasteiger partial charge on any atom is 0.0734 e. The average Bonchev–Trinajstić information content (AvgIpc) is 3.12. The summed E-state index contributed by atoms with van der Waals surface area (Å²) in [6.45, 7) is 14.1. The largest absolute Gasteiger partial charge is 0.285 e. The van der Waals surface area contributed by atoms with Gasteiger partial charge in [0.05, 0.1) is 5.66 Å². The maximum atomic E-state index is 4.11. The molecular formula is C17H34N2Si. The van der Waals surface area contributed by atoms with E-state index in [2.05, 4.69) is 30.2 Å². The summed E-state index contributed by atoms with van der Waals surface area (Å²) < 4.78 is 0. The Hall–Kier alpha value is -0.123. The van der Waals surface area contributed by atoms with E-state index in [4.69, 9.17) is 0 Å². The van der Waals surface area contributed by atoms with E-state index >= 15 is 0 Å². The van der Waals surface area contributed by atoms with Crippen LogP contribution in [0.5, 0.6) is 0 Å². The van der Waals surface area contributed by atoms with Crippen LogP contribution in [0.1, 0.15) is 58.8 Å². The fraction of sp³-hybridized carbons (Fsp3) is 0.882. The molecule has 0 aromatic carbocycles. The Morgan fingerprint density at radius 3 is 1.95 bits per heavy atom. The second kappa shape index (κ2) is 7.76. The second-order valence-corrected chi connectivity index (χ2v) is 9.30. The molecule has 20 heavy (non-hydrogen) atoms. The summed E-state index contributed by atoms with van der Waals surface area (Å²) in [5.74, 6) is 0. The molecule has 0 radical (unpaired) electrons. The molecular weight excluding hydrogens is 260 g/mol. The van der Waals surface area contributed by atoms with Gasteiger partial charge >= 0.3 is 0 Å². The number of rotatable bonds is 8. The lowest BCUT2D eigenvalue weighted by atomic mass is 9.96. The first-order valence-corrected chi connectivity index (χ1v) is 10.5. The molecule has 0 unspecified atom stereocenters. The Morgan fingerprint density at radius 2 is 1.55 bits per heavy atom. The van der Waals surface area contributed by atoms with Gasteiger partial charge in [-0.15, -0.1) is 6.58 Å². The summed E-state index contributed by atoms with van der Waals surface area (Å²) in [4.78, 5) is 5.67. The molecule has 2 saturated heterocycles. The third-order valence-electron chi connectivity index (χ3n) is 5.39. The minimum Gasteiger partial charge on any atom is -0.285 e. The molecule has 2 aliphatic rings. The molecule has 2 nitrogen and oxygen atoms in total. The summed E-state index contributed by atoms with van der Waals surface area (Å²) >= 11 is 0. The standard InChI is InChI=1S/C17H34N2Si/c1-4-17(18-11-5-6-12-18,19-13-7-8-14-19)10-9-15-20-16(2)3/h2,4-15,20H2,1,3H3. The zero-order valence-electron chi connectivity index (χ0n) is 13.8. The van der Waals surface area contributed by atoms with E-state index < -0.39 is 0 Å². The minimum absolute atomic E-state index is 0.00504. The first-order chi connectivity index (χ1) is 9.69. The second-order valence-electron chi connectivity index (χ2n) is 6.89. The Bertz CT molecular complexity index is 288. The number of hydrogen-bond donors (Lipinski definition) is 0. The van der Waals surface area contributed by atoms with Crippen LogP contribution in [-0.2, 0) is 0 Å². The number of allylic oxidation sites excluding steroid dienone is 1. The van der Waals surface area contributed by atoms with E-state index in [1.54, 1.807) is 0 Å². The highest BCUT2D eigenvalue weighted by Crippen LogP contribution is 2.35. The monoisotopic (exact) mass is 294 g/mol. The smallest absolute Gasteiger partial charge is 0.0734 e. The molecule has 2 rings (SSSR count). The molecule has 0 amide bonds. The molecule has 2 fully saturated rings. The van der Waals surface area contributed by atoms with Gasteiger partial charge in [-0.25, -0.2) is 0 Å². The summed E-state index contributed by atoms with van der Waals surface area (Å²) in [5, 5.41) is 1.48. The highest BCUT2D eigenvalue weighted by Gasteiger charge is 2.41. The Morgan fingerprint density at radius 1 is 1.05 bits per heavy atom. The van der Waals surface area contributed by atoms with E-state index in [-0.39, 0.29) is 9.52 Å². The molecule has 0 N–H and O–H groups in total. The van der Waals surface area contributed by atoms with Gasteiger partial charge in [-0.3, -0.25) is 9.80 Å². The maximum absolute atomic E-state index is 4.11. The van der Waals surface area contributed by atoms with E-state index in [1.807, 2.05) is 0 Å². The SMILES string of the molecule is C=C(C)[SiH2]CCCC(CC)(N1CCCC1)N1CCCC1.